The van der Waals surface area contributed by atoms with Gasteiger partial charge >= 0.3 is 0 Å². The second-order valence-corrected chi connectivity index (χ2v) is 9.02. The van der Waals surface area contributed by atoms with Crippen molar-refractivity contribution in [2.24, 2.45) is 17.3 Å². The van der Waals surface area contributed by atoms with Crippen molar-refractivity contribution in [2.45, 2.75) is 83.7 Å². The molecule has 0 aromatic carbocycles. The maximum absolute atomic E-state index is 10.9. The molecule has 1 saturated heterocycles. The predicted molar refractivity (Wildman–Crippen MR) is 92.0 cm³/mol. The summed E-state index contributed by atoms with van der Waals surface area (Å²) in [6.45, 7) is 10.2. The van der Waals surface area contributed by atoms with Gasteiger partial charge in [0.2, 0.25) is 0 Å². The van der Waals surface area contributed by atoms with Gasteiger partial charge in [-0.3, -0.25) is 0 Å². The Morgan fingerprint density at radius 2 is 1.91 bits per heavy atom. The van der Waals surface area contributed by atoms with Gasteiger partial charge in [-0.1, -0.05) is 30.7 Å². The standard InChI is InChI=1S/C20H32O3/c1-13(7-6-10-18(2,3)22)14-8-11-19(4)15(14)9-12-20(5)17(23-20)16(19)21/h6-7,10,14-17,21-22H,8-9,11-12H2,1-5H3/b10-6+,13-7-/t14-,15-,16+,17-,19-,20+/m1/s1. The van der Waals surface area contributed by atoms with Gasteiger partial charge in [0.1, 0.15) is 6.10 Å². The van der Waals surface area contributed by atoms with Crippen LogP contribution in [0.3, 0.4) is 0 Å². The molecule has 0 unspecified atom stereocenters. The minimum Gasteiger partial charge on any atom is -0.390 e. The Labute approximate surface area is 140 Å². The second-order valence-electron chi connectivity index (χ2n) is 9.02. The average molecular weight is 320 g/mol. The summed E-state index contributed by atoms with van der Waals surface area (Å²) in [6.07, 6.45) is 10.0. The first kappa shape index (κ1) is 17.2. The summed E-state index contributed by atoms with van der Waals surface area (Å²) in [5.41, 5.74) is 0.481. The van der Waals surface area contributed by atoms with Crippen molar-refractivity contribution < 1.29 is 14.9 Å². The van der Waals surface area contributed by atoms with Crippen molar-refractivity contribution >= 4 is 0 Å². The van der Waals surface area contributed by atoms with Crippen LogP contribution in [0.15, 0.2) is 23.8 Å². The summed E-state index contributed by atoms with van der Waals surface area (Å²) < 4.78 is 5.83. The van der Waals surface area contributed by atoms with E-state index in [0.717, 1.165) is 25.7 Å². The Kier molecular flexibility index (Phi) is 4.06. The summed E-state index contributed by atoms with van der Waals surface area (Å²) in [7, 11) is 0. The molecule has 0 aromatic heterocycles. The van der Waals surface area contributed by atoms with Crippen LogP contribution in [0.5, 0.6) is 0 Å². The van der Waals surface area contributed by atoms with Gasteiger partial charge in [0.05, 0.1) is 17.3 Å². The highest BCUT2D eigenvalue weighted by Crippen LogP contribution is 2.61. The van der Waals surface area contributed by atoms with Gasteiger partial charge in [0.25, 0.3) is 0 Å². The summed E-state index contributed by atoms with van der Waals surface area (Å²) in [5.74, 6) is 1.06. The lowest BCUT2D eigenvalue weighted by atomic mass is 9.70. The van der Waals surface area contributed by atoms with Crippen LogP contribution in [-0.2, 0) is 4.74 Å². The molecule has 0 bridgehead atoms. The van der Waals surface area contributed by atoms with E-state index in [1.54, 1.807) is 13.8 Å². The molecule has 23 heavy (non-hydrogen) atoms. The Hall–Kier alpha value is -0.640. The molecule has 1 aliphatic heterocycles. The predicted octanol–water partition coefficient (Wildman–Crippen LogP) is 3.60. The average Bonchev–Trinajstić information content (AvgIpc) is 2.99. The van der Waals surface area contributed by atoms with Gasteiger partial charge in [-0.05, 0) is 70.6 Å². The summed E-state index contributed by atoms with van der Waals surface area (Å²) >= 11 is 0. The monoisotopic (exact) mass is 320 g/mol. The van der Waals surface area contributed by atoms with E-state index in [0.29, 0.717) is 11.8 Å². The first-order valence-electron chi connectivity index (χ1n) is 9.01. The van der Waals surface area contributed by atoms with Crippen LogP contribution >= 0.6 is 0 Å². The van der Waals surface area contributed by atoms with Gasteiger partial charge in [0, 0.05) is 0 Å². The molecule has 130 valence electrons. The number of hydrogen-bond donors (Lipinski definition) is 2. The molecule has 3 rings (SSSR count). The fourth-order valence-electron chi connectivity index (χ4n) is 4.96. The van der Waals surface area contributed by atoms with Crippen LogP contribution in [0.2, 0.25) is 0 Å². The first-order chi connectivity index (χ1) is 10.6. The highest BCUT2D eigenvalue weighted by atomic mass is 16.6. The third-order valence-electron chi connectivity index (χ3n) is 6.63. The van der Waals surface area contributed by atoms with E-state index in [1.807, 2.05) is 12.2 Å². The van der Waals surface area contributed by atoms with Crippen molar-refractivity contribution in [3.63, 3.8) is 0 Å². The van der Waals surface area contributed by atoms with E-state index < -0.39 is 5.60 Å². The molecular weight excluding hydrogens is 288 g/mol. The van der Waals surface area contributed by atoms with Gasteiger partial charge in [-0.25, -0.2) is 0 Å². The lowest BCUT2D eigenvalue weighted by molar-refractivity contribution is -0.0165. The zero-order valence-electron chi connectivity index (χ0n) is 15.2. The van der Waals surface area contributed by atoms with Crippen molar-refractivity contribution in [2.75, 3.05) is 0 Å². The molecule has 2 saturated carbocycles. The topological polar surface area (TPSA) is 53.0 Å². The van der Waals surface area contributed by atoms with Crippen LogP contribution < -0.4 is 0 Å². The summed E-state index contributed by atoms with van der Waals surface area (Å²) in [6, 6.07) is 0. The van der Waals surface area contributed by atoms with Crippen LogP contribution in [0.25, 0.3) is 0 Å². The minimum absolute atomic E-state index is 0.0291. The fourth-order valence-corrected chi connectivity index (χ4v) is 4.96. The van der Waals surface area contributed by atoms with Crippen molar-refractivity contribution in [1.29, 1.82) is 0 Å². The van der Waals surface area contributed by atoms with E-state index in [-0.39, 0.29) is 23.2 Å². The van der Waals surface area contributed by atoms with Gasteiger partial charge < -0.3 is 14.9 Å². The molecule has 3 aliphatic rings. The van der Waals surface area contributed by atoms with Gasteiger partial charge in [-0.15, -0.1) is 0 Å². The number of epoxide rings is 1. The molecular formula is C20H32O3. The van der Waals surface area contributed by atoms with Crippen molar-refractivity contribution in [1.82, 2.24) is 0 Å². The Balaban J connectivity index is 1.78. The summed E-state index contributed by atoms with van der Waals surface area (Å²) in [5, 5.41) is 20.7. The highest BCUT2D eigenvalue weighted by Gasteiger charge is 2.65. The largest absolute Gasteiger partial charge is 0.390 e. The smallest absolute Gasteiger partial charge is 0.113 e. The number of fused-ring (bicyclic) bond motifs is 2. The van der Waals surface area contributed by atoms with E-state index in [2.05, 4.69) is 26.8 Å². The molecule has 0 aromatic rings. The molecule has 0 amide bonds. The molecule has 6 atom stereocenters. The van der Waals surface area contributed by atoms with E-state index in [9.17, 15) is 10.2 Å². The Morgan fingerprint density at radius 3 is 2.57 bits per heavy atom. The molecule has 1 heterocycles. The van der Waals surface area contributed by atoms with Crippen LogP contribution in [-0.4, -0.2) is 33.6 Å². The highest BCUT2D eigenvalue weighted by molar-refractivity contribution is 5.22. The molecule has 3 heteroatoms. The van der Waals surface area contributed by atoms with Crippen molar-refractivity contribution in [3.8, 4) is 0 Å². The SMILES string of the molecule is C/C(=C/C=C/C(C)(C)O)[C@H]1CC[C@]2(C)[C@@H]1CC[C@]1(C)O[C@@H]1[C@@H]2O. The normalized spacial score (nSPS) is 47.3. The number of aliphatic hydroxyl groups excluding tert-OH is 1. The third kappa shape index (κ3) is 3.04. The van der Waals surface area contributed by atoms with Crippen LogP contribution in [0.1, 0.15) is 60.3 Å². The number of hydrogen-bond acceptors (Lipinski definition) is 3. The molecule has 0 spiro atoms. The lowest BCUT2D eigenvalue weighted by Crippen LogP contribution is -2.40. The zero-order chi connectivity index (χ0) is 17.0. The lowest BCUT2D eigenvalue weighted by Gasteiger charge is -2.37. The zero-order valence-corrected chi connectivity index (χ0v) is 15.2. The minimum atomic E-state index is -0.771. The second kappa shape index (κ2) is 5.44. The first-order valence-corrected chi connectivity index (χ1v) is 9.01. The van der Waals surface area contributed by atoms with E-state index in [4.69, 9.17) is 4.74 Å². The van der Waals surface area contributed by atoms with Gasteiger partial charge in [-0.2, -0.15) is 0 Å². The molecule has 2 N–H and O–H groups in total. The third-order valence-corrected chi connectivity index (χ3v) is 6.63. The number of allylic oxidation sites excluding steroid dienone is 3. The fraction of sp³-hybridized carbons (Fsp3) is 0.800. The Bertz CT molecular complexity index is 529. The number of rotatable bonds is 3. The van der Waals surface area contributed by atoms with Crippen LogP contribution in [0, 0.1) is 17.3 Å². The molecule has 0 radical (unpaired) electrons. The maximum Gasteiger partial charge on any atom is 0.113 e. The van der Waals surface area contributed by atoms with Crippen LogP contribution in [0.4, 0.5) is 0 Å². The number of ether oxygens (including phenoxy) is 1. The summed E-state index contributed by atoms with van der Waals surface area (Å²) in [4.78, 5) is 0. The van der Waals surface area contributed by atoms with E-state index in [1.165, 1.54) is 5.57 Å². The maximum atomic E-state index is 10.9. The quantitative estimate of drug-likeness (QED) is 0.617. The Morgan fingerprint density at radius 1 is 1.22 bits per heavy atom. The molecule has 3 nitrogen and oxygen atoms in total. The van der Waals surface area contributed by atoms with Crippen molar-refractivity contribution in [3.05, 3.63) is 23.8 Å². The number of aliphatic hydroxyl groups is 2. The van der Waals surface area contributed by atoms with E-state index >= 15 is 0 Å². The molecule has 2 aliphatic carbocycles. The molecule has 3 fully saturated rings. The van der Waals surface area contributed by atoms with Gasteiger partial charge in [0.15, 0.2) is 0 Å².